The molecule has 2 aromatic rings. The lowest BCUT2D eigenvalue weighted by atomic mass is 10.1. The van der Waals surface area contributed by atoms with Crippen LogP contribution in [0.5, 0.6) is 0 Å². The molecule has 1 aromatic carbocycles. The van der Waals surface area contributed by atoms with E-state index in [4.69, 9.17) is 5.73 Å². The van der Waals surface area contributed by atoms with E-state index in [0.717, 1.165) is 6.07 Å². The monoisotopic (exact) mass is 293 g/mol. The van der Waals surface area contributed by atoms with E-state index in [1.807, 2.05) is 0 Å². The Morgan fingerprint density at radius 2 is 2.29 bits per heavy atom. The van der Waals surface area contributed by atoms with Crippen LogP contribution in [0.4, 0.5) is 15.8 Å². The number of aromatic nitrogens is 3. The molecule has 3 N–H and O–H groups in total. The third kappa shape index (κ3) is 3.47. The predicted molar refractivity (Wildman–Crippen MR) is 75.3 cm³/mol. The summed E-state index contributed by atoms with van der Waals surface area (Å²) in [6.07, 6.45) is 2.12. The zero-order valence-electron chi connectivity index (χ0n) is 11.8. The molecule has 0 unspecified atom stereocenters. The molecule has 112 valence electrons. The van der Waals surface area contributed by atoms with Gasteiger partial charge < -0.3 is 15.8 Å². The van der Waals surface area contributed by atoms with Gasteiger partial charge in [-0.25, -0.2) is 14.2 Å². The average molecular weight is 293 g/mol. The van der Waals surface area contributed by atoms with Crippen LogP contribution in [0, 0.1) is 5.82 Å². The van der Waals surface area contributed by atoms with Crippen molar-refractivity contribution in [1.82, 2.24) is 14.8 Å². The van der Waals surface area contributed by atoms with Gasteiger partial charge in [0.25, 0.3) is 0 Å². The molecule has 0 aliphatic heterocycles. The summed E-state index contributed by atoms with van der Waals surface area (Å²) in [7, 11) is 3.01. The number of carbonyl (C=O) groups excluding carboxylic acids is 1. The fraction of sp³-hybridized carbons (Fsp3) is 0.308. The van der Waals surface area contributed by atoms with Crippen molar-refractivity contribution in [2.75, 3.05) is 24.7 Å². The molecule has 8 heteroatoms. The molecular formula is C13H16FN5O2. The Balaban J connectivity index is 2.07. The number of hydrogen-bond donors (Lipinski definition) is 2. The molecule has 0 spiro atoms. The zero-order chi connectivity index (χ0) is 15.4. The Morgan fingerprint density at radius 1 is 1.52 bits per heavy atom. The van der Waals surface area contributed by atoms with Gasteiger partial charge in [-0.3, -0.25) is 4.68 Å². The number of nitrogens with one attached hydrogen (secondary N) is 1. The van der Waals surface area contributed by atoms with E-state index in [9.17, 15) is 9.18 Å². The van der Waals surface area contributed by atoms with Crippen molar-refractivity contribution >= 4 is 17.3 Å². The first-order valence-corrected chi connectivity index (χ1v) is 6.27. The first-order valence-electron chi connectivity index (χ1n) is 6.27. The number of nitrogens with two attached hydrogens (primary N) is 1. The summed E-state index contributed by atoms with van der Waals surface area (Å²) in [5.41, 5.74) is 5.94. The van der Waals surface area contributed by atoms with Crippen molar-refractivity contribution in [3.63, 3.8) is 0 Å². The summed E-state index contributed by atoms with van der Waals surface area (Å²) in [5, 5.41) is 7.00. The highest BCUT2D eigenvalue weighted by Crippen LogP contribution is 2.22. The molecule has 0 amide bonds. The Hall–Kier alpha value is -2.64. The number of nitrogens with zero attached hydrogens (tertiary/aromatic N) is 3. The maximum atomic E-state index is 13.8. The van der Waals surface area contributed by atoms with Gasteiger partial charge in [-0.15, -0.1) is 0 Å². The van der Waals surface area contributed by atoms with Crippen molar-refractivity contribution in [1.29, 1.82) is 0 Å². The minimum Gasteiger partial charge on any atom is -0.465 e. The van der Waals surface area contributed by atoms with Crippen molar-refractivity contribution in [3.05, 3.63) is 35.7 Å². The van der Waals surface area contributed by atoms with Crippen LogP contribution in [0.1, 0.15) is 16.2 Å². The molecule has 0 atom stereocenters. The van der Waals surface area contributed by atoms with Crippen molar-refractivity contribution in [3.8, 4) is 0 Å². The lowest BCUT2D eigenvalue weighted by Crippen LogP contribution is -2.11. The van der Waals surface area contributed by atoms with E-state index in [1.165, 1.54) is 13.2 Å². The van der Waals surface area contributed by atoms with E-state index in [2.05, 4.69) is 20.1 Å². The summed E-state index contributed by atoms with van der Waals surface area (Å²) in [5.74, 6) is -0.495. The largest absolute Gasteiger partial charge is 0.465 e. The molecular weight excluding hydrogens is 277 g/mol. The normalized spacial score (nSPS) is 10.4. The number of anilines is 2. The van der Waals surface area contributed by atoms with E-state index >= 15 is 0 Å². The smallest absolute Gasteiger partial charge is 0.340 e. The molecule has 0 saturated carbocycles. The van der Waals surface area contributed by atoms with Crippen molar-refractivity contribution in [2.24, 2.45) is 7.05 Å². The minimum absolute atomic E-state index is 0.0382. The SMILES string of the molecule is COC(=O)c1cc(NCCc2ncn(C)n2)c(F)cc1N. The molecule has 0 aliphatic carbocycles. The number of benzene rings is 1. The number of hydrogen-bond acceptors (Lipinski definition) is 6. The van der Waals surface area contributed by atoms with Gasteiger partial charge in [-0.2, -0.15) is 5.10 Å². The van der Waals surface area contributed by atoms with Crippen LogP contribution in [0.15, 0.2) is 18.5 Å². The summed E-state index contributed by atoms with van der Waals surface area (Å²) >= 11 is 0. The topological polar surface area (TPSA) is 95.1 Å². The predicted octanol–water partition coefficient (Wildman–Crippen LogP) is 0.978. The van der Waals surface area contributed by atoms with E-state index in [-0.39, 0.29) is 16.9 Å². The van der Waals surface area contributed by atoms with E-state index < -0.39 is 11.8 Å². The van der Waals surface area contributed by atoms with E-state index in [1.54, 1.807) is 18.1 Å². The number of methoxy groups -OCH3 is 1. The van der Waals surface area contributed by atoms with Crippen LogP contribution < -0.4 is 11.1 Å². The number of nitrogen functional groups attached to an aromatic ring is 1. The summed E-state index contributed by atoms with van der Waals surface area (Å²) in [6, 6.07) is 2.43. The summed E-state index contributed by atoms with van der Waals surface area (Å²) < 4.78 is 20.0. The van der Waals surface area contributed by atoms with Gasteiger partial charge in [0.05, 0.1) is 18.4 Å². The van der Waals surface area contributed by atoms with Crippen LogP contribution in [0.3, 0.4) is 0 Å². The van der Waals surface area contributed by atoms with E-state index in [0.29, 0.717) is 18.8 Å². The molecule has 0 bridgehead atoms. The first kappa shape index (κ1) is 14.8. The number of rotatable bonds is 5. The Bertz CT molecular complexity index is 656. The fourth-order valence-electron chi connectivity index (χ4n) is 1.82. The Kier molecular flexibility index (Phi) is 4.36. The van der Waals surface area contributed by atoms with Crippen LogP contribution in [0.2, 0.25) is 0 Å². The average Bonchev–Trinajstić information content (AvgIpc) is 2.86. The Labute approximate surface area is 120 Å². The second-order valence-corrected chi connectivity index (χ2v) is 4.42. The molecule has 0 fully saturated rings. The number of halogens is 1. The summed E-state index contributed by atoms with van der Waals surface area (Å²) in [6.45, 7) is 0.422. The lowest BCUT2D eigenvalue weighted by Gasteiger charge is -2.10. The lowest BCUT2D eigenvalue weighted by molar-refractivity contribution is 0.0602. The molecule has 0 radical (unpaired) electrons. The van der Waals surface area contributed by atoms with Crippen LogP contribution >= 0.6 is 0 Å². The van der Waals surface area contributed by atoms with Gasteiger partial charge >= 0.3 is 5.97 Å². The molecule has 1 aromatic heterocycles. The third-order valence-electron chi connectivity index (χ3n) is 2.86. The molecule has 0 aliphatic rings. The van der Waals surface area contributed by atoms with Gasteiger partial charge in [-0.1, -0.05) is 0 Å². The second-order valence-electron chi connectivity index (χ2n) is 4.42. The number of ether oxygens (including phenoxy) is 1. The highest BCUT2D eigenvalue weighted by Gasteiger charge is 2.14. The maximum absolute atomic E-state index is 13.8. The Morgan fingerprint density at radius 3 is 2.90 bits per heavy atom. The van der Waals surface area contributed by atoms with Gasteiger partial charge in [0.1, 0.15) is 12.1 Å². The fourth-order valence-corrected chi connectivity index (χ4v) is 1.82. The zero-order valence-corrected chi connectivity index (χ0v) is 11.8. The quantitative estimate of drug-likeness (QED) is 0.630. The van der Waals surface area contributed by atoms with Crippen molar-refractivity contribution in [2.45, 2.75) is 6.42 Å². The van der Waals surface area contributed by atoms with Gasteiger partial charge in [0.2, 0.25) is 0 Å². The van der Waals surface area contributed by atoms with Crippen LogP contribution in [-0.4, -0.2) is 34.4 Å². The minimum atomic E-state index is -0.609. The van der Waals surface area contributed by atoms with Crippen LogP contribution in [-0.2, 0) is 18.2 Å². The molecule has 1 heterocycles. The highest BCUT2D eigenvalue weighted by atomic mass is 19.1. The standard InChI is InChI=1S/C13H16FN5O2/c1-19-7-17-12(18-19)3-4-16-11-5-8(13(20)21-2)10(15)6-9(11)14/h5-7,16H,3-4,15H2,1-2H3. The number of aryl methyl sites for hydroxylation is 1. The number of esters is 1. The van der Waals surface area contributed by atoms with Gasteiger partial charge in [0, 0.05) is 25.7 Å². The first-order chi connectivity index (χ1) is 10.0. The summed E-state index contributed by atoms with van der Waals surface area (Å²) in [4.78, 5) is 15.6. The third-order valence-corrected chi connectivity index (χ3v) is 2.86. The maximum Gasteiger partial charge on any atom is 0.340 e. The number of carbonyl (C=O) groups is 1. The molecule has 0 saturated heterocycles. The van der Waals surface area contributed by atoms with Crippen molar-refractivity contribution < 1.29 is 13.9 Å². The highest BCUT2D eigenvalue weighted by molar-refractivity contribution is 5.96. The van der Waals surface area contributed by atoms with Crippen LogP contribution in [0.25, 0.3) is 0 Å². The van der Waals surface area contributed by atoms with Gasteiger partial charge in [-0.05, 0) is 12.1 Å². The van der Waals surface area contributed by atoms with Gasteiger partial charge in [0.15, 0.2) is 5.82 Å². The molecule has 2 rings (SSSR count). The molecule has 7 nitrogen and oxygen atoms in total. The molecule has 21 heavy (non-hydrogen) atoms. The second kappa shape index (κ2) is 6.21.